The number of nitrogens with zero attached hydrogens (tertiary/aromatic N) is 1. The first-order chi connectivity index (χ1) is 10.2. The summed E-state index contributed by atoms with van der Waals surface area (Å²) in [5, 5.41) is 6.31. The maximum atomic E-state index is 12.1. The summed E-state index contributed by atoms with van der Waals surface area (Å²) in [5.74, 6) is 1.62. The second-order valence-electron chi connectivity index (χ2n) is 5.29. The summed E-state index contributed by atoms with van der Waals surface area (Å²) in [6.45, 7) is 3.67. The molecule has 0 aliphatic carbocycles. The average molecular weight is 362 g/mol. The van der Waals surface area contributed by atoms with Gasteiger partial charge in [-0.2, -0.15) is 0 Å². The number of hydrogen-bond acceptors (Lipinski definition) is 5. The summed E-state index contributed by atoms with van der Waals surface area (Å²) in [6.07, 6.45) is 3.91. The smallest absolute Gasteiger partial charge is 0.263 e. The van der Waals surface area contributed by atoms with Crippen molar-refractivity contribution in [3.63, 3.8) is 0 Å². The molecule has 1 atom stereocenters. The molecule has 1 amide bonds. The van der Waals surface area contributed by atoms with Crippen molar-refractivity contribution in [1.29, 1.82) is 0 Å². The number of nitrogens with one attached hydrogen (secondary N) is 2. The number of aromatic nitrogens is 1. The molecule has 0 bridgehead atoms. The van der Waals surface area contributed by atoms with Gasteiger partial charge in [0, 0.05) is 12.6 Å². The third kappa shape index (κ3) is 4.99. The molecular weight excluding hydrogens is 341 g/mol. The molecule has 8 heteroatoms. The van der Waals surface area contributed by atoms with Crippen LogP contribution in [0.2, 0.25) is 0 Å². The minimum absolute atomic E-state index is 0. The largest absolute Gasteiger partial charge is 0.459 e. The van der Waals surface area contributed by atoms with E-state index in [1.807, 2.05) is 6.92 Å². The number of hydrogen-bond donors (Lipinski definition) is 2. The highest BCUT2D eigenvalue weighted by Crippen LogP contribution is 2.22. The van der Waals surface area contributed by atoms with E-state index in [4.69, 9.17) is 8.83 Å². The van der Waals surface area contributed by atoms with E-state index in [1.54, 1.807) is 18.4 Å². The number of halogens is 2. The number of amides is 1. The van der Waals surface area contributed by atoms with Gasteiger partial charge in [-0.1, -0.05) is 0 Å². The quantitative estimate of drug-likeness (QED) is 0.874. The lowest BCUT2D eigenvalue weighted by atomic mass is 10.1. The van der Waals surface area contributed by atoms with E-state index in [0.717, 1.165) is 25.9 Å². The number of carbonyl (C=O) groups is 1. The van der Waals surface area contributed by atoms with Gasteiger partial charge in [0.2, 0.25) is 5.91 Å². The van der Waals surface area contributed by atoms with E-state index in [2.05, 4.69) is 15.6 Å². The first-order valence-corrected chi connectivity index (χ1v) is 7.22. The fourth-order valence-corrected chi connectivity index (χ4v) is 2.50. The van der Waals surface area contributed by atoms with E-state index in [0.29, 0.717) is 23.1 Å². The number of furan rings is 1. The van der Waals surface area contributed by atoms with Gasteiger partial charge in [0.05, 0.1) is 18.4 Å². The van der Waals surface area contributed by atoms with E-state index in [-0.39, 0.29) is 43.2 Å². The van der Waals surface area contributed by atoms with Crippen LogP contribution in [0.1, 0.15) is 24.3 Å². The summed E-state index contributed by atoms with van der Waals surface area (Å²) in [7, 11) is 0. The zero-order valence-electron chi connectivity index (χ0n) is 12.8. The van der Waals surface area contributed by atoms with Crippen molar-refractivity contribution in [2.24, 2.45) is 0 Å². The van der Waals surface area contributed by atoms with Crippen molar-refractivity contribution in [3.8, 4) is 11.7 Å². The van der Waals surface area contributed by atoms with Crippen LogP contribution in [0.15, 0.2) is 27.2 Å². The van der Waals surface area contributed by atoms with Crippen molar-refractivity contribution < 1.29 is 13.6 Å². The van der Waals surface area contributed by atoms with Crippen molar-refractivity contribution in [1.82, 2.24) is 15.6 Å². The van der Waals surface area contributed by atoms with Gasteiger partial charge in [-0.3, -0.25) is 4.79 Å². The van der Waals surface area contributed by atoms with Crippen molar-refractivity contribution >= 4 is 30.7 Å². The number of aryl methyl sites for hydroxylation is 1. The van der Waals surface area contributed by atoms with E-state index < -0.39 is 0 Å². The second kappa shape index (κ2) is 8.96. The summed E-state index contributed by atoms with van der Waals surface area (Å²) in [5.41, 5.74) is 0.655. The molecule has 1 unspecified atom stereocenters. The first-order valence-electron chi connectivity index (χ1n) is 7.22. The molecule has 1 aliphatic rings. The van der Waals surface area contributed by atoms with Crippen LogP contribution >= 0.6 is 24.8 Å². The molecule has 1 aliphatic heterocycles. The summed E-state index contributed by atoms with van der Waals surface area (Å²) in [4.78, 5) is 16.4. The maximum Gasteiger partial charge on any atom is 0.263 e. The second-order valence-corrected chi connectivity index (χ2v) is 5.29. The van der Waals surface area contributed by atoms with Gasteiger partial charge in [-0.15, -0.1) is 24.8 Å². The van der Waals surface area contributed by atoms with E-state index >= 15 is 0 Å². The Morgan fingerprint density at radius 1 is 1.48 bits per heavy atom. The van der Waals surface area contributed by atoms with Crippen LogP contribution in [0, 0.1) is 6.92 Å². The molecule has 6 nitrogen and oxygen atoms in total. The Balaban J connectivity index is 0.00000132. The lowest BCUT2D eigenvalue weighted by Gasteiger charge is -2.23. The molecule has 2 N–H and O–H groups in total. The summed E-state index contributed by atoms with van der Waals surface area (Å²) in [6, 6.07) is 3.77. The molecule has 1 saturated heterocycles. The van der Waals surface area contributed by atoms with Crippen LogP contribution in [0.4, 0.5) is 0 Å². The minimum atomic E-state index is -0.0221. The molecule has 23 heavy (non-hydrogen) atoms. The summed E-state index contributed by atoms with van der Waals surface area (Å²) < 4.78 is 10.8. The minimum Gasteiger partial charge on any atom is -0.459 e. The zero-order chi connectivity index (χ0) is 14.7. The van der Waals surface area contributed by atoms with Crippen LogP contribution in [0.25, 0.3) is 11.7 Å². The predicted molar refractivity (Wildman–Crippen MR) is 91.2 cm³/mol. The molecule has 1 fully saturated rings. The van der Waals surface area contributed by atoms with Gasteiger partial charge in [0.15, 0.2) is 5.76 Å². The SMILES string of the molecule is Cc1oc(-c2ccco2)nc1CC(=O)NC1CCCNC1.Cl.Cl. The van der Waals surface area contributed by atoms with Crippen LogP contribution in [-0.2, 0) is 11.2 Å². The van der Waals surface area contributed by atoms with Gasteiger partial charge in [-0.25, -0.2) is 4.98 Å². The van der Waals surface area contributed by atoms with Crippen LogP contribution in [0.3, 0.4) is 0 Å². The molecule has 128 valence electrons. The number of piperidine rings is 1. The third-order valence-corrected chi connectivity index (χ3v) is 3.61. The van der Waals surface area contributed by atoms with Gasteiger partial charge < -0.3 is 19.5 Å². The molecular formula is C15H21Cl2N3O3. The van der Waals surface area contributed by atoms with E-state index in [1.165, 1.54) is 0 Å². The highest BCUT2D eigenvalue weighted by Gasteiger charge is 2.19. The Hall–Kier alpha value is -1.50. The highest BCUT2D eigenvalue weighted by atomic mass is 35.5. The lowest BCUT2D eigenvalue weighted by Crippen LogP contribution is -2.46. The number of rotatable bonds is 4. The van der Waals surface area contributed by atoms with Gasteiger partial charge in [0.25, 0.3) is 5.89 Å². The molecule has 3 heterocycles. The zero-order valence-corrected chi connectivity index (χ0v) is 14.5. The highest BCUT2D eigenvalue weighted by molar-refractivity contribution is 5.85. The third-order valence-electron chi connectivity index (χ3n) is 3.61. The molecule has 0 radical (unpaired) electrons. The monoisotopic (exact) mass is 361 g/mol. The van der Waals surface area contributed by atoms with E-state index in [9.17, 15) is 4.79 Å². The average Bonchev–Trinajstić information content (AvgIpc) is 3.10. The topological polar surface area (TPSA) is 80.3 Å². The molecule has 0 saturated carbocycles. The first kappa shape index (κ1) is 19.5. The van der Waals surface area contributed by atoms with Crippen molar-refractivity contribution in [3.05, 3.63) is 29.9 Å². The van der Waals surface area contributed by atoms with Crippen LogP contribution < -0.4 is 10.6 Å². The predicted octanol–water partition coefficient (Wildman–Crippen LogP) is 2.50. The van der Waals surface area contributed by atoms with Gasteiger partial charge in [0.1, 0.15) is 5.76 Å². The Morgan fingerprint density at radius 3 is 2.96 bits per heavy atom. The van der Waals surface area contributed by atoms with Gasteiger partial charge >= 0.3 is 0 Å². The standard InChI is InChI=1S/C15H19N3O3.2ClH/c1-10-12(18-15(21-10)13-5-3-7-20-13)8-14(19)17-11-4-2-6-16-9-11;;/h3,5,7,11,16H,2,4,6,8-9H2,1H3,(H,17,19);2*1H. The fraction of sp³-hybridized carbons (Fsp3) is 0.467. The van der Waals surface area contributed by atoms with Crippen LogP contribution in [0.5, 0.6) is 0 Å². The Morgan fingerprint density at radius 2 is 2.30 bits per heavy atom. The van der Waals surface area contributed by atoms with Crippen molar-refractivity contribution in [2.75, 3.05) is 13.1 Å². The molecule has 0 aromatic carbocycles. The van der Waals surface area contributed by atoms with Crippen molar-refractivity contribution in [2.45, 2.75) is 32.2 Å². The normalized spacial score (nSPS) is 17.0. The molecule has 2 aromatic heterocycles. The number of oxazole rings is 1. The lowest BCUT2D eigenvalue weighted by molar-refractivity contribution is -0.121. The number of carbonyl (C=O) groups excluding carboxylic acids is 1. The molecule has 0 spiro atoms. The maximum absolute atomic E-state index is 12.1. The molecule has 3 rings (SSSR count). The summed E-state index contributed by atoms with van der Waals surface area (Å²) >= 11 is 0. The van der Waals surface area contributed by atoms with Crippen LogP contribution in [-0.4, -0.2) is 30.0 Å². The van der Waals surface area contributed by atoms with Gasteiger partial charge in [-0.05, 0) is 38.4 Å². The Kier molecular flexibility index (Phi) is 7.61. The molecule has 2 aromatic rings. The Bertz CT molecular complexity index is 608. The fourth-order valence-electron chi connectivity index (χ4n) is 2.50. The Labute approximate surface area is 147 Å².